The predicted octanol–water partition coefficient (Wildman–Crippen LogP) is 2.39. The molecule has 1 saturated carbocycles. The fourth-order valence-electron chi connectivity index (χ4n) is 3.23. The second kappa shape index (κ2) is 6.35. The number of thiazole rings is 1. The lowest BCUT2D eigenvalue weighted by Crippen LogP contribution is -2.51. The third-order valence-electron chi connectivity index (χ3n) is 4.13. The molecule has 0 aromatic carbocycles. The van der Waals surface area contributed by atoms with Crippen LogP contribution >= 0.6 is 11.3 Å². The Morgan fingerprint density at radius 2 is 2.50 bits per heavy atom. The second-order valence-corrected chi connectivity index (χ2v) is 6.53. The van der Waals surface area contributed by atoms with Crippen LogP contribution in [0.1, 0.15) is 23.5 Å². The molecule has 0 spiro atoms. The van der Waals surface area contributed by atoms with E-state index in [9.17, 15) is 0 Å². The number of aromatic nitrogens is 1. The van der Waals surface area contributed by atoms with Crippen molar-refractivity contribution in [1.82, 2.24) is 9.88 Å². The molecule has 2 fully saturated rings. The fourth-order valence-corrected chi connectivity index (χ4v) is 3.83. The molecule has 110 valence electrons. The van der Waals surface area contributed by atoms with E-state index in [4.69, 9.17) is 9.47 Å². The fraction of sp³-hybridized carbons (Fsp3) is 0.667. The van der Waals surface area contributed by atoms with Crippen molar-refractivity contribution < 1.29 is 9.47 Å². The molecule has 0 N–H and O–H groups in total. The Morgan fingerprint density at radius 1 is 1.60 bits per heavy atom. The number of rotatable bonds is 5. The molecule has 20 heavy (non-hydrogen) atoms. The average molecular weight is 294 g/mol. The first-order valence-electron chi connectivity index (χ1n) is 7.27. The van der Waals surface area contributed by atoms with Gasteiger partial charge in [0.2, 0.25) is 0 Å². The first-order chi connectivity index (χ1) is 9.78. The molecule has 1 aliphatic heterocycles. The summed E-state index contributed by atoms with van der Waals surface area (Å²) in [6, 6.07) is 0.490. The van der Waals surface area contributed by atoms with Gasteiger partial charge in [-0.3, -0.25) is 4.90 Å². The summed E-state index contributed by atoms with van der Waals surface area (Å²) >= 11 is 1.67. The van der Waals surface area contributed by atoms with Crippen molar-refractivity contribution in [3.8, 4) is 0 Å². The van der Waals surface area contributed by atoms with Crippen LogP contribution in [0.2, 0.25) is 0 Å². The number of fused-ring (bicyclic) bond motifs is 1. The van der Waals surface area contributed by atoms with Crippen molar-refractivity contribution in [2.45, 2.75) is 44.6 Å². The Bertz CT molecular complexity index is 462. The van der Waals surface area contributed by atoms with E-state index in [1.807, 2.05) is 13.0 Å². The Hall–Kier alpha value is -0.750. The van der Waals surface area contributed by atoms with Crippen LogP contribution in [0.25, 0.3) is 0 Å². The van der Waals surface area contributed by atoms with Gasteiger partial charge in [-0.05, 0) is 19.8 Å². The van der Waals surface area contributed by atoms with Gasteiger partial charge >= 0.3 is 0 Å². The average Bonchev–Trinajstić information content (AvgIpc) is 3.04. The Labute approximate surface area is 124 Å². The standard InChI is InChI=1S/C15H22N2O2S/c1-3-6-17-7-8-18-15-13(17)4-5-14(15)19-9-12-10-20-11(2)16-12/h3,10,13-15H,1,4-9H2,2H3/t13-,14-,15+/m1/s1. The topological polar surface area (TPSA) is 34.6 Å². The molecule has 1 aliphatic carbocycles. The van der Waals surface area contributed by atoms with Crippen LogP contribution in [0, 0.1) is 6.92 Å². The normalized spacial score (nSPS) is 30.4. The third kappa shape index (κ3) is 2.96. The van der Waals surface area contributed by atoms with Crippen molar-refractivity contribution in [3.05, 3.63) is 28.7 Å². The van der Waals surface area contributed by atoms with Crippen molar-refractivity contribution in [2.75, 3.05) is 19.7 Å². The molecule has 0 unspecified atom stereocenters. The summed E-state index contributed by atoms with van der Waals surface area (Å²) in [5, 5.41) is 3.17. The van der Waals surface area contributed by atoms with E-state index in [-0.39, 0.29) is 12.2 Å². The molecule has 1 aromatic rings. The van der Waals surface area contributed by atoms with Gasteiger partial charge < -0.3 is 9.47 Å². The van der Waals surface area contributed by atoms with Crippen molar-refractivity contribution in [2.24, 2.45) is 0 Å². The van der Waals surface area contributed by atoms with Crippen molar-refractivity contribution in [3.63, 3.8) is 0 Å². The highest BCUT2D eigenvalue weighted by Crippen LogP contribution is 2.32. The molecular weight excluding hydrogens is 272 g/mol. The van der Waals surface area contributed by atoms with Crippen LogP contribution in [0.4, 0.5) is 0 Å². The number of morpholine rings is 1. The zero-order chi connectivity index (χ0) is 13.9. The molecule has 5 heteroatoms. The molecule has 1 aromatic heterocycles. The second-order valence-electron chi connectivity index (χ2n) is 5.47. The van der Waals surface area contributed by atoms with Crippen LogP contribution < -0.4 is 0 Å². The minimum atomic E-state index is 0.203. The summed E-state index contributed by atoms with van der Waals surface area (Å²) in [5.74, 6) is 0. The largest absolute Gasteiger partial charge is 0.373 e. The first kappa shape index (κ1) is 14.2. The number of ether oxygens (including phenoxy) is 2. The zero-order valence-corrected chi connectivity index (χ0v) is 12.8. The maximum absolute atomic E-state index is 6.06. The van der Waals surface area contributed by atoms with Gasteiger partial charge in [-0.2, -0.15) is 0 Å². The van der Waals surface area contributed by atoms with E-state index < -0.39 is 0 Å². The number of hydrogen-bond donors (Lipinski definition) is 0. The van der Waals surface area contributed by atoms with Gasteiger partial charge in [0, 0.05) is 24.5 Å². The summed E-state index contributed by atoms with van der Waals surface area (Å²) in [6.07, 6.45) is 4.62. The van der Waals surface area contributed by atoms with Crippen LogP contribution in [0.15, 0.2) is 18.0 Å². The molecule has 1 saturated heterocycles. The molecule has 0 radical (unpaired) electrons. The molecule has 0 bridgehead atoms. The summed E-state index contributed by atoms with van der Waals surface area (Å²) in [4.78, 5) is 6.92. The third-order valence-corrected chi connectivity index (χ3v) is 4.95. The summed E-state index contributed by atoms with van der Waals surface area (Å²) in [7, 11) is 0. The van der Waals surface area contributed by atoms with Crippen LogP contribution in [0.3, 0.4) is 0 Å². The number of hydrogen-bond acceptors (Lipinski definition) is 5. The molecule has 0 amide bonds. The van der Waals surface area contributed by atoms with E-state index in [2.05, 4.69) is 21.8 Å². The minimum Gasteiger partial charge on any atom is -0.373 e. The molecule has 4 nitrogen and oxygen atoms in total. The molecule has 3 atom stereocenters. The van der Waals surface area contributed by atoms with E-state index >= 15 is 0 Å². The maximum Gasteiger partial charge on any atom is 0.0992 e. The Balaban J connectivity index is 1.57. The highest BCUT2D eigenvalue weighted by molar-refractivity contribution is 7.09. The lowest BCUT2D eigenvalue weighted by Gasteiger charge is -2.38. The summed E-state index contributed by atoms with van der Waals surface area (Å²) < 4.78 is 12.0. The van der Waals surface area contributed by atoms with Crippen LogP contribution in [-0.2, 0) is 16.1 Å². The first-order valence-corrected chi connectivity index (χ1v) is 8.15. The number of nitrogens with zero attached hydrogens (tertiary/aromatic N) is 2. The highest BCUT2D eigenvalue weighted by Gasteiger charge is 2.42. The van der Waals surface area contributed by atoms with Gasteiger partial charge in [0.05, 0.1) is 36.1 Å². The molecular formula is C15H22N2O2S. The quantitative estimate of drug-likeness (QED) is 0.781. The van der Waals surface area contributed by atoms with Crippen molar-refractivity contribution >= 4 is 11.3 Å². The highest BCUT2D eigenvalue weighted by atomic mass is 32.1. The summed E-state index contributed by atoms with van der Waals surface area (Å²) in [6.45, 7) is 9.22. The van der Waals surface area contributed by atoms with Gasteiger partial charge in [-0.15, -0.1) is 17.9 Å². The molecule has 2 heterocycles. The lowest BCUT2D eigenvalue weighted by molar-refractivity contribution is -0.115. The van der Waals surface area contributed by atoms with Gasteiger partial charge in [0.15, 0.2) is 0 Å². The van der Waals surface area contributed by atoms with Gasteiger partial charge in [0.25, 0.3) is 0 Å². The van der Waals surface area contributed by atoms with Crippen molar-refractivity contribution in [1.29, 1.82) is 0 Å². The van der Waals surface area contributed by atoms with Gasteiger partial charge in [-0.25, -0.2) is 4.98 Å². The smallest absolute Gasteiger partial charge is 0.0992 e. The Kier molecular flexibility index (Phi) is 4.51. The van der Waals surface area contributed by atoms with Gasteiger partial charge in [0.1, 0.15) is 0 Å². The zero-order valence-electron chi connectivity index (χ0n) is 12.0. The van der Waals surface area contributed by atoms with E-state index in [1.165, 1.54) is 0 Å². The van der Waals surface area contributed by atoms with E-state index in [0.29, 0.717) is 12.6 Å². The van der Waals surface area contributed by atoms with E-state index in [1.54, 1.807) is 11.3 Å². The van der Waals surface area contributed by atoms with Crippen LogP contribution in [-0.4, -0.2) is 47.8 Å². The maximum atomic E-state index is 6.06. The monoisotopic (exact) mass is 294 g/mol. The summed E-state index contributed by atoms with van der Waals surface area (Å²) in [5.41, 5.74) is 1.04. The number of aryl methyl sites for hydroxylation is 1. The van der Waals surface area contributed by atoms with E-state index in [0.717, 1.165) is 43.2 Å². The SMILES string of the molecule is C=CCN1CCO[C@H]2[C@H]1CC[C@H]2OCc1csc(C)n1. The van der Waals surface area contributed by atoms with Gasteiger partial charge in [-0.1, -0.05) is 6.08 Å². The van der Waals surface area contributed by atoms with Crippen LogP contribution in [0.5, 0.6) is 0 Å². The minimum absolute atomic E-state index is 0.203. The Morgan fingerprint density at radius 3 is 3.25 bits per heavy atom. The molecule has 2 aliphatic rings. The lowest BCUT2D eigenvalue weighted by atomic mass is 10.1. The molecule has 3 rings (SSSR count). The predicted molar refractivity (Wildman–Crippen MR) is 80.0 cm³/mol.